The molecule has 1 heteroatoms. The first-order valence-corrected chi connectivity index (χ1v) is 7.94. The van der Waals surface area contributed by atoms with Gasteiger partial charge in [-0.1, -0.05) is 60.7 Å². The van der Waals surface area contributed by atoms with Gasteiger partial charge in [0.05, 0.1) is 0 Å². The first kappa shape index (κ1) is 14.1. The Labute approximate surface area is 127 Å². The molecule has 0 saturated heterocycles. The molecule has 2 unspecified atom stereocenters. The summed E-state index contributed by atoms with van der Waals surface area (Å²) in [5.74, 6) is 1.27. The molecule has 1 fully saturated rings. The van der Waals surface area contributed by atoms with E-state index in [9.17, 15) is 4.79 Å². The maximum Gasteiger partial charge on any atom is 0.136 e. The van der Waals surface area contributed by atoms with Crippen molar-refractivity contribution in [2.75, 3.05) is 0 Å². The summed E-state index contributed by atoms with van der Waals surface area (Å²) in [4.78, 5) is 12.2. The first-order chi connectivity index (χ1) is 10.3. The van der Waals surface area contributed by atoms with Crippen molar-refractivity contribution in [3.8, 4) is 0 Å². The average molecular weight is 278 g/mol. The van der Waals surface area contributed by atoms with Gasteiger partial charge >= 0.3 is 0 Å². The minimum absolute atomic E-state index is 0.240. The Kier molecular flexibility index (Phi) is 4.49. The van der Waals surface area contributed by atoms with Gasteiger partial charge in [-0.2, -0.15) is 0 Å². The van der Waals surface area contributed by atoms with E-state index in [1.807, 2.05) is 6.07 Å². The minimum Gasteiger partial charge on any atom is -0.299 e. The van der Waals surface area contributed by atoms with Crippen LogP contribution < -0.4 is 0 Å². The van der Waals surface area contributed by atoms with Gasteiger partial charge in [0.2, 0.25) is 0 Å². The Morgan fingerprint density at radius 2 is 1.57 bits per heavy atom. The summed E-state index contributed by atoms with van der Waals surface area (Å²) < 4.78 is 0. The van der Waals surface area contributed by atoms with Gasteiger partial charge in [0.1, 0.15) is 5.78 Å². The van der Waals surface area contributed by atoms with Crippen molar-refractivity contribution in [3.05, 3.63) is 71.8 Å². The highest BCUT2D eigenvalue weighted by Gasteiger charge is 2.28. The van der Waals surface area contributed by atoms with E-state index < -0.39 is 0 Å². The highest BCUT2D eigenvalue weighted by molar-refractivity contribution is 5.82. The van der Waals surface area contributed by atoms with Crippen LogP contribution in [0.1, 0.15) is 42.7 Å². The molecule has 3 rings (SSSR count). The molecule has 0 heterocycles. The molecule has 2 atom stereocenters. The number of carbonyl (C=O) groups excluding carboxylic acids is 1. The van der Waals surface area contributed by atoms with Crippen LogP contribution in [0.5, 0.6) is 0 Å². The van der Waals surface area contributed by atoms with Gasteiger partial charge in [-0.3, -0.25) is 4.79 Å². The standard InChI is InChI=1S/C20H22O/c21-20-14-13-18(17-9-5-2-6-10-17)15-19(20)12-11-16-7-3-1-4-8-16/h1-10,18-19H,11-15H2. The molecule has 1 aliphatic carbocycles. The van der Waals surface area contributed by atoms with Crippen LogP contribution in [0.4, 0.5) is 0 Å². The summed E-state index contributed by atoms with van der Waals surface area (Å²) in [7, 11) is 0. The van der Waals surface area contributed by atoms with Gasteiger partial charge < -0.3 is 0 Å². The molecule has 0 bridgehead atoms. The van der Waals surface area contributed by atoms with Crippen LogP contribution in [0.3, 0.4) is 0 Å². The van der Waals surface area contributed by atoms with Gasteiger partial charge in [0, 0.05) is 12.3 Å². The lowest BCUT2D eigenvalue weighted by molar-refractivity contribution is -0.125. The highest BCUT2D eigenvalue weighted by atomic mass is 16.1. The fourth-order valence-corrected chi connectivity index (χ4v) is 3.41. The third kappa shape index (κ3) is 3.60. The molecule has 1 aliphatic rings. The number of rotatable bonds is 4. The molecule has 1 nitrogen and oxygen atoms in total. The smallest absolute Gasteiger partial charge is 0.136 e. The van der Waals surface area contributed by atoms with Gasteiger partial charge in [0.25, 0.3) is 0 Å². The third-order valence-electron chi connectivity index (χ3n) is 4.66. The summed E-state index contributed by atoms with van der Waals surface area (Å²) in [6.07, 6.45) is 4.80. The van der Waals surface area contributed by atoms with E-state index in [0.717, 1.165) is 32.1 Å². The van der Waals surface area contributed by atoms with Crippen LogP contribution in [0, 0.1) is 5.92 Å². The van der Waals surface area contributed by atoms with Gasteiger partial charge in [-0.25, -0.2) is 0 Å². The molecular formula is C20H22O. The molecule has 0 amide bonds. The highest BCUT2D eigenvalue weighted by Crippen LogP contribution is 2.36. The fourth-order valence-electron chi connectivity index (χ4n) is 3.41. The van der Waals surface area contributed by atoms with Gasteiger partial charge in [-0.05, 0) is 42.7 Å². The van der Waals surface area contributed by atoms with Crippen LogP contribution in [0.25, 0.3) is 0 Å². The van der Waals surface area contributed by atoms with E-state index in [1.54, 1.807) is 0 Å². The zero-order valence-electron chi connectivity index (χ0n) is 12.4. The van der Waals surface area contributed by atoms with Crippen molar-refractivity contribution in [1.82, 2.24) is 0 Å². The molecule has 0 radical (unpaired) electrons. The van der Waals surface area contributed by atoms with Crippen molar-refractivity contribution in [2.24, 2.45) is 5.92 Å². The second-order valence-electron chi connectivity index (χ2n) is 6.07. The predicted octanol–water partition coefficient (Wildman–Crippen LogP) is 4.77. The molecule has 0 spiro atoms. The number of Topliss-reactive ketones (excluding diaryl/α,β-unsaturated/α-hetero) is 1. The summed E-state index contributed by atoms with van der Waals surface area (Å²) in [5.41, 5.74) is 2.74. The molecular weight excluding hydrogens is 256 g/mol. The number of carbonyl (C=O) groups is 1. The van der Waals surface area contributed by atoms with Crippen LogP contribution in [-0.4, -0.2) is 5.78 Å². The third-order valence-corrected chi connectivity index (χ3v) is 4.66. The van der Waals surface area contributed by atoms with Crippen LogP contribution in [0.15, 0.2) is 60.7 Å². The number of hydrogen-bond donors (Lipinski definition) is 0. The van der Waals surface area contributed by atoms with Crippen LogP contribution >= 0.6 is 0 Å². The van der Waals surface area contributed by atoms with Crippen molar-refractivity contribution < 1.29 is 4.79 Å². The molecule has 21 heavy (non-hydrogen) atoms. The molecule has 1 saturated carbocycles. The Hall–Kier alpha value is -1.89. The molecule has 2 aromatic carbocycles. The van der Waals surface area contributed by atoms with Crippen molar-refractivity contribution in [1.29, 1.82) is 0 Å². The number of aryl methyl sites for hydroxylation is 1. The lowest BCUT2D eigenvalue weighted by Crippen LogP contribution is -2.24. The number of hydrogen-bond acceptors (Lipinski definition) is 1. The van der Waals surface area contributed by atoms with Gasteiger partial charge in [-0.15, -0.1) is 0 Å². The average Bonchev–Trinajstić information content (AvgIpc) is 2.56. The van der Waals surface area contributed by atoms with Crippen molar-refractivity contribution >= 4 is 5.78 Å². The second kappa shape index (κ2) is 6.71. The largest absolute Gasteiger partial charge is 0.299 e. The SMILES string of the molecule is O=C1CCC(c2ccccc2)CC1CCc1ccccc1. The molecule has 0 N–H and O–H groups in total. The molecule has 0 aromatic heterocycles. The van der Waals surface area contributed by atoms with E-state index in [1.165, 1.54) is 11.1 Å². The van der Waals surface area contributed by atoms with Crippen molar-refractivity contribution in [3.63, 3.8) is 0 Å². The summed E-state index contributed by atoms with van der Waals surface area (Å²) in [6.45, 7) is 0. The lowest BCUT2D eigenvalue weighted by atomic mass is 9.75. The second-order valence-corrected chi connectivity index (χ2v) is 6.07. The fraction of sp³-hybridized carbons (Fsp3) is 0.350. The number of ketones is 1. The lowest BCUT2D eigenvalue weighted by Gasteiger charge is -2.28. The topological polar surface area (TPSA) is 17.1 Å². The van der Waals surface area contributed by atoms with E-state index >= 15 is 0 Å². The predicted molar refractivity (Wildman–Crippen MR) is 86.3 cm³/mol. The Morgan fingerprint density at radius 1 is 0.905 bits per heavy atom. The van der Waals surface area contributed by atoms with Gasteiger partial charge in [0.15, 0.2) is 0 Å². The van der Waals surface area contributed by atoms with E-state index in [4.69, 9.17) is 0 Å². The van der Waals surface area contributed by atoms with Crippen LogP contribution in [0.2, 0.25) is 0 Å². The van der Waals surface area contributed by atoms with Crippen LogP contribution in [-0.2, 0) is 11.2 Å². The van der Waals surface area contributed by atoms with E-state index in [-0.39, 0.29) is 5.92 Å². The number of benzene rings is 2. The zero-order chi connectivity index (χ0) is 14.5. The monoisotopic (exact) mass is 278 g/mol. The molecule has 0 aliphatic heterocycles. The molecule has 2 aromatic rings. The molecule has 108 valence electrons. The van der Waals surface area contributed by atoms with E-state index in [2.05, 4.69) is 54.6 Å². The summed E-state index contributed by atoms with van der Waals surface area (Å²) >= 11 is 0. The first-order valence-electron chi connectivity index (χ1n) is 7.94. The van der Waals surface area contributed by atoms with Crippen molar-refractivity contribution in [2.45, 2.75) is 38.0 Å². The quantitative estimate of drug-likeness (QED) is 0.787. The Morgan fingerprint density at radius 3 is 2.29 bits per heavy atom. The summed E-state index contributed by atoms with van der Waals surface area (Å²) in [6, 6.07) is 21.2. The normalized spacial score (nSPS) is 22.2. The van der Waals surface area contributed by atoms with E-state index in [0.29, 0.717) is 11.7 Å². The Balaban J connectivity index is 1.63. The maximum atomic E-state index is 12.2. The maximum absolute atomic E-state index is 12.2. The summed E-state index contributed by atoms with van der Waals surface area (Å²) in [5, 5.41) is 0. The zero-order valence-corrected chi connectivity index (χ0v) is 12.4. The minimum atomic E-state index is 0.240. The Bertz CT molecular complexity index is 573.